The SMILES string of the molecule is COc1cc(C=C2C(=O)N(c3ccccc3)C(=O)N(c3ccccc3)C2=O)ccc1OCc1cccc(C)c1. The Kier molecular flexibility index (Phi) is 7.23. The number of amides is 4. The fourth-order valence-corrected chi connectivity index (χ4v) is 4.36. The second-order valence-electron chi connectivity index (χ2n) is 8.98. The lowest BCUT2D eigenvalue weighted by molar-refractivity contribution is -0.121. The van der Waals surface area contributed by atoms with Crippen LogP contribution in [0.4, 0.5) is 16.2 Å². The molecule has 0 N–H and O–H groups in total. The molecule has 4 amide bonds. The number of benzene rings is 4. The third-order valence-corrected chi connectivity index (χ3v) is 6.25. The molecule has 7 nitrogen and oxygen atoms in total. The second-order valence-corrected chi connectivity index (χ2v) is 8.98. The third-order valence-electron chi connectivity index (χ3n) is 6.25. The molecule has 4 aromatic rings. The first kappa shape index (κ1) is 25.5. The van der Waals surface area contributed by atoms with Crippen LogP contribution in [-0.2, 0) is 16.2 Å². The van der Waals surface area contributed by atoms with Crippen LogP contribution >= 0.6 is 0 Å². The van der Waals surface area contributed by atoms with Gasteiger partial charge in [-0.2, -0.15) is 0 Å². The first-order valence-electron chi connectivity index (χ1n) is 12.4. The predicted molar refractivity (Wildman–Crippen MR) is 150 cm³/mol. The Balaban J connectivity index is 1.50. The van der Waals surface area contributed by atoms with Crippen LogP contribution in [0.2, 0.25) is 0 Å². The average Bonchev–Trinajstić information content (AvgIpc) is 2.95. The number of nitrogens with zero attached hydrogens (tertiary/aromatic N) is 2. The average molecular weight is 519 g/mol. The molecule has 5 rings (SSSR count). The molecule has 7 heteroatoms. The molecule has 0 spiro atoms. The summed E-state index contributed by atoms with van der Waals surface area (Å²) in [6.07, 6.45) is 1.47. The molecule has 0 aliphatic carbocycles. The fourth-order valence-electron chi connectivity index (χ4n) is 4.36. The van der Waals surface area contributed by atoms with E-state index in [2.05, 4.69) is 0 Å². The Morgan fingerprint density at radius 3 is 1.87 bits per heavy atom. The van der Waals surface area contributed by atoms with Gasteiger partial charge in [-0.3, -0.25) is 9.59 Å². The molecule has 0 atom stereocenters. The lowest BCUT2D eigenvalue weighted by Gasteiger charge is -2.33. The van der Waals surface area contributed by atoms with Crippen molar-refractivity contribution in [1.82, 2.24) is 0 Å². The summed E-state index contributed by atoms with van der Waals surface area (Å²) in [7, 11) is 1.52. The van der Waals surface area contributed by atoms with Crippen molar-refractivity contribution in [2.24, 2.45) is 0 Å². The summed E-state index contributed by atoms with van der Waals surface area (Å²) in [6.45, 7) is 2.38. The van der Waals surface area contributed by atoms with Crippen LogP contribution in [0.25, 0.3) is 6.08 Å². The topological polar surface area (TPSA) is 76.2 Å². The lowest BCUT2D eigenvalue weighted by atomic mass is 10.0. The van der Waals surface area contributed by atoms with Crippen molar-refractivity contribution in [3.05, 3.63) is 125 Å². The van der Waals surface area contributed by atoms with E-state index in [0.29, 0.717) is 35.0 Å². The van der Waals surface area contributed by atoms with E-state index in [4.69, 9.17) is 9.47 Å². The maximum Gasteiger partial charge on any atom is 0.343 e. The van der Waals surface area contributed by atoms with Crippen LogP contribution in [0, 0.1) is 6.92 Å². The Morgan fingerprint density at radius 1 is 0.692 bits per heavy atom. The first-order valence-corrected chi connectivity index (χ1v) is 12.4. The molecule has 1 aliphatic heterocycles. The van der Waals surface area contributed by atoms with Crippen LogP contribution in [0.1, 0.15) is 16.7 Å². The standard InChI is InChI=1S/C32H26N2O5/c1-22-10-9-11-24(18-22)21-39-28-17-16-23(20-29(28)38-2)19-27-30(35)33(25-12-5-3-6-13-25)32(37)34(31(27)36)26-14-7-4-8-15-26/h3-20H,21H2,1-2H3. The minimum absolute atomic E-state index is 0.155. The van der Waals surface area contributed by atoms with Gasteiger partial charge in [0.25, 0.3) is 11.8 Å². The molecule has 1 aliphatic rings. The molecule has 39 heavy (non-hydrogen) atoms. The normalized spacial score (nSPS) is 13.5. The number of aryl methyl sites for hydroxylation is 1. The van der Waals surface area contributed by atoms with Gasteiger partial charge in [0.05, 0.1) is 18.5 Å². The molecule has 194 valence electrons. The van der Waals surface area contributed by atoms with Gasteiger partial charge >= 0.3 is 6.03 Å². The summed E-state index contributed by atoms with van der Waals surface area (Å²) >= 11 is 0. The number of hydrogen-bond acceptors (Lipinski definition) is 5. The molecular formula is C32H26N2O5. The highest BCUT2D eigenvalue weighted by atomic mass is 16.5. The van der Waals surface area contributed by atoms with Gasteiger partial charge < -0.3 is 9.47 Å². The van der Waals surface area contributed by atoms with E-state index < -0.39 is 17.8 Å². The number of carbonyl (C=O) groups excluding carboxylic acids is 3. The molecule has 0 aromatic heterocycles. The quantitative estimate of drug-likeness (QED) is 0.216. The molecular weight excluding hydrogens is 492 g/mol. The van der Waals surface area contributed by atoms with Gasteiger partial charge in [-0.1, -0.05) is 72.3 Å². The second kappa shape index (κ2) is 11.1. The highest BCUT2D eigenvalue weighted by molar-refractivity contribution is 6.46. The number of ether oxygens (including phenoxy) is 2. The summed E-state index contributed by atoms with van der Waals surface area (Å²) in [4.78, 5) is 42.6. The maximum atomic E-state index is 13.6. The van der Waals surface area contributed by atoms with Crippen molar-refractivity contribution < 1.29 is 23.9 Å². The van der Waals surface area contributed by atoms with E-state index in [-0.39, 0.29) is 5.57 Å². The zero-order valence-electron chi connectivity index (χ0n) is 21.5. The first-order chi connectivity index (χ1) is 19.0. The molecule has 4 aromatic carbocycles. The minimum atomic E-state index is -0.739. The van der Waals surface area contributed by atoms with Crippen molar-refractivity contribution in [3.63, 3.8) is 0 Å². The Labute approximate surface area is 226 Å². The third kappa shape index (κ3) is 5.29. The minimum Gasteiger partial charge on any atom is -0.493 e. The van der Waals surface area contributed by atoms with Gasteiger partial charge in [-0.25, -0.2) is 14.6 Å². The summed E-state index contributed by atoms with van der Waals surface area (Å²) in [5, 5.41) is 0. The van der Waals surface area contributed by atoms with Crippen molar-refractivity contribution in [2.45, 2.75) is 13.5 Å². The monoisotopic (exact) mass is 518 g/mol. The van der Waals surface area contributed by atoms with E-state index in [1.807, 2.05) is 31.2 Å². The zero-order valence-corrected chi connectivity index (χ0v) is 21.5. The van der Waals surface area contributed by atoms with Gasteiger partial charge in [0, 0.05) is 0 Å². The molecule has 0 radical (unpaired) electrons. The number of methoxy groups -OCH3 is 1. The number of para-hydroxylation sites is 2. The molecule has 1 heterocycles. The van der Waals surface area contributed by atoms with E-state index >= 15 is 0 Å². The van der Waals surface area contributed by atoms with E-state index in [1.165, 1.54) is 13.2 Å². The van der Waals surface area contributed by atoms with Crippen LogP contribution < -0.4 is 19.3 Å². The smallest absolute Gasteiger partial charge is 0.343 e. The fraction of sp³-hybridized carbons (Fsp3) is 0.0938. The van der Waals surface area contributed by atoms with Gasteiger partial charge in [-0.05, 0) is 60.5 Å². The summed E-state index contributed by atoms with van der Waals surface area (Å²) in [5.41, 5.74) is 3.28. The Morgan fingerprint density at radius 2 is 1.31 bits per heavy atom. The van der Waals surface area contributed by atoms with Crippen molar-refractivity contribution >= 4 is 35.3 Å². The van der Waals surface area contributed by atoms with Gasteiger partial charge in [0.2, 0.25) is 0 Å². The Hall–Kier alpha value is -5.17. The van der Waals surface area contributed by atoms with Crippen molar-refractivity contribution in [3.8, 4) is 11.5 Å². The molecule has 0 bridgehead atoms. The number of urea groups is 1. The summed E-state index contributed by atoms with van der Waals surface area (Å²) in [5.74, 6) is -0.442. The van der Waals surface area contributed by atoms with Crippen molar-refractivity contribution in [1.29, 1.82) is 0 Å². The van der Waals surface area contributed by atoms with Crippen molar-refractivity contribution in [2.75, 3.05) is 16.9 Å². The largest absolute Gasteiger partial charge is 0.493 e. The maximum absolute atomic E-state index is 13.6. The number of anilines is 2. The Bertz CT molecular complexity index is 1500. The van der Waals surface area contributed by atoms with Crippen LogP contribution in [-0.4, -0.2) is 25.0 Å². The number of imide groups is 2. The van der Waals surface area contributed by atoms with E-state index in [1.54, 1.807) is 78.9 Å². The van der Waals surface area contributed by atoms with Crippen LogP contribution in [0.5, 0.6) is 11.5 Å². The molecule has 1 fully saturated rings. The molecule has 1 saturated heterocycles. The van der Waals surface area contributed by atoms with E-state index in [0.717, 1.165) is 20.9 Å². The lowest BCUT2D eigenvalue weighted by Crippen LogP contribution is -2.57. The number of rotatable bonds is 7. The number of hydrogen-bond donors (Lipinski definition) is 0. The van der Waals surface area contributed by atoms with Gasteiger partial charge in [0.1, 0.15) is 12.2 Å². The van der Waals surface area contributed by atoms with Crippen LogP contribution in [0.15, 0.2) is 109 Å². The summed E-state index contributed by atoms with van der Waals surface area (Å²) < 4.78 is 11.5. The van der Waals surface area contributed by atoms with Gasteiger partial charge in [0.15, 0.2) is 11.5 Å². The molecule has 0 unspecified atom stereocenters. The zero-order chi connectivity index (χ0) is 27.4. The highest BCUT2D eigenvalue weighted by Crippen LogP contribution is 2.32. The van der Waals surface area contributed by atoms with E-state index in [9.17, 15) is 14.4 Å². The van der Waals surface area contributed by atoms with Crippen LogP contribution in [0.3, 0.4) is 0 Å². The number of carbonyl (C=O) groups is 3. The summed E-state index contributed by atoms with van der Waals surface area (Å²) in [6, 6.07) is 29.5. The highest BCUT2D eigenvalue weighted by Gasteiger charge is 2.43. The van der Waals surface area contributed by atoms with Gasteiger partial charge in [-0.15, -0.1) is 0 Å². The molecule has 0 saturated carbocycles. The number of barbiturate groups is 1. The predicted octanol–water partition coefficient (Wildman–Crippen LogP) is 6.17.